The number of nitrogens with two attached hydrogens (primary N) is 1. The maximum Gasteiger partial charge on any atom is 0.231 e. The molecule has 5 heteroatoms. The molecule has 3 N–H and O–H groups in total. The van der Waals surface area contributed by atoms with E-state index in [2.05, 4.69) is 12.2 Å². The molecule has 23 heavy (non-hydrogen) atoms. The lowest BCUT2D eigenvalue weighted by Gasteiger charge is -2.38. The summed E-state index contributed by atoms with van der Waals surface area (Å²) in [6.45, 7) is 3.74. The number of rotatable bonds is 7. The highest BCUT2D eigenvalue weighted by atomic mass is 35.5. The van der Waals surface area contributed by atoms with Gasteiger partial charge in [-0.25, -0.2) is 0 Å². The molecule has 4 nitrogen and oxygen atoms in total. The third-order valence-corrected chi connectivity index (χ3v) is 5.03. The molecule has 0 spiro atoms. The number of nitrogens with one attached hydrogen (secondary N) is 1. The van der Waals surface area contributed by atoms with E-state index in [1.54, 1.807) is 0 Å². The summed E-state index contributed by atoms with van der Waals surface area (Å²) in [5.41, 5.74) is 6.12. The Morgan fingerprint density at radius 3 is 2.70 bits per heavy atom. The Hall–Kier alpha value is -1.10. The van der Waals surface area contributed by atoms with Crippen molar-refractivity contribution >= 4 is 17.5 Å². The van der Waals surface area contributed by atoms with Crippen molar-refractivity contribution in [2.24, 2.45) is 5.73 Å². The SMILES string of the molecule is CCCCC(CN)NC(=O)C1(c2ccccc2Cl)CCOCC1. The maximum absolute atomic E-state index is 13.1. The minimum absolute atomic E-state index is 0.0182. The highest BCUT2D eigenvalue weighted by Crippen LogP contribution is 2.39. The summed E-state index contributed by atoms with van der Waals surface area (Å²) in [5.74, 6) is 0.0282. The van der Waals surface area contributed by atoms with Crippen LogP contribution in [0.5, 0.6) is 0 Å². The Morgan fingerprint density at radius 2 is 2.09 bits per heavy atom. The van der Waals surface area contributed by atoms with Gasteiger partial charge in [0.2, 0.25) is 5.91 Å². The molecule has 1 heterocycles. The third-order valence-electron chi connectivity index (χ3n) is 4.70. The lowest BCUT2D eigenvalue weighted by atomic mass is 9.73. The zero-order valence-corrected chi connectivity index (χ0v) is 14.6. The van der Waals surface area contributed by atoms with Crippen LogP contribution in [0.15, 0.2) is 24.3 Å². The van der Waals surface area contributed by atoms with Gasteiger partial charge in [-0.15, -0.1) is 0 Å². The predicted molar refractivity (Wildman–Crippen MR) is 93.7 cm³/mol. The van der Waals surface area contributed by atoms with Crippen LogP contribution >= 0.6 is 11.6 Å². The van der Waals surface area contributed by atoms with Gasteiger partial charge in [0.25, 0.3) is 0 Å². The molecule has 1 saturated heterocycles. The van der Waals surface area contributed by atoms with Crippen LogP contribution in [0.25, 0.3) is 0 Å². The number of hydrogen-bond acceptors (Lipinski definition) is 3. The molecule has 1 unspecified atom stereocenters. The fourth-order valence-electron chi connectivity index (χ4n) is 3.21. The monoisotopic (exact) mass is 338 g/mol. The molecule has 1 atom stereocenters. The first-order valence-corrected chi connectivity index (χ1v) is 8.85. The topological polar surface area (TPSA) is 64.3 Å². The van der Waals surface area contributed by atoms with Crippen molar-refractivity contribution in [3.05, 3.63) is 34.9 Å². The average molecular weight is 339 g/mol. The van der Waals surface area contributed by atoms with E-state index >= 15 is 0 Å². The number of amides is 1. The van der Waals surface area contributed by atoms with Gasteiger partial charge in [-0.05, 0) is 30.9 Å². The summed E-state index contributed by atoms with van der Waals surface area (Å²) >= 11 is 6.40. The smallest absolute Gasteiger partial charge is 0.231 e. The first-order chi connectivity index (χ1) is 11.1. The van der Waals surface area contributed by atoms with Crippen LogP contribution in [0.1, 0.15) is 44.6 Å². The van der Waals surface area contributed by atoms with Crippen LogP contribution in [0.4, 0.5) is 0 Å². The minimum Gasteiger partial charge on any atom is -0.381 e. The van der Waals surface area contributed by atoms with Crippen molar-refractivity contribution in [3.8, 4) is 0 Å². The van der Waals surface area contributed by atoms with Crippen LogP contribution in [0.3, 0.4) is 0 Å². The normalized spacial score (nSPS) is 18.4. The minimum atomic E-state index is -0.615. The van der Waals surface area contributed by atoms with Gasteiger partial charge < -0.3 is 15.8 Å². The number of carbonyl (C=O) groups is 1. The second-order valence-electron chi connectivity index (χ2n) is 6.22. The summed E-state index contributed by atoms with van der Waals surface area (Å²) in [6, 6.07) is 7.64. The average Bonchev–Trinajstić information content (AvgIpc) is 2.59. The lowest BCUT2D eigenvalue weighted by Crippen LogP contribution is -2.52. The number of hydrogen-bond donors (Lipinski definition) is 2. The van der Waals surface area contributed by atoms with E-state index in [0.717, 1.165) is 24.8 Å². The van der Waals surface area contributed by atoms with Crippen molar-refractivity contribution in [3.63, 3.8) is 0 Å². The molecule has 1 aromatic carbocycles. The molecule has 0 radical (unpaired) electrons. The van der Waals surface area contributed by atoms with Crippen LogP contribution in [-0.4, -0.2) is 31.7 Å². The Kier molecular flexibility index (Phi) is 6.88. The second-order valence-corrected chi connectivity index (χ2v) is 6.63. The Balaban J connectivity index is 2.24. The molecule has 0 aliphatic carbocycles. The highest BCUT2D eigenvalue weighted by molar-refractivity contribution is 6.31. The zero-order chi connectivity index (χ0) is 16.7. The molecule has 0 saturated carbocycles. The van der Waals surface area contributed by atoms with Gasteiger partial charge in [-0.2, -0.15) is 0 Å². The summed E-state index contributed by atoms with van der Waals surface area (Å²) in [4.78, 5) is 13.1. The molecular formula is C18H27ClN2O2. The number of unbranched alkanes of at least 4 members (excludes halogenated alkanes) is 1. The predicted octanol–water partition coefficient (Wildman–Crippen LogP) is 3.02. The zero-order valence-electron chi connectivity index (χ0n) is 13.8. The van der Waals surface area contributed by atoms with Gasteiger partial charge in [-0.3, -0.25) is 4.79 Å². The molecule has 1 fully saturated rings. The summed E-state index contributed by atoms with van der Waals surface area (Å²) in [5, 5.41) is 3.80. The molecule has 0 bridgehead atoms. The molecule has 2 rings (SSSR count). The van der Waals surface area contributed by atoms with Crippen molar-refractivity contribution in [1.82, 2.24) is 5.32 Å². The van der Waals surface area contributed by atoms with Gasteiger partial charge >= 0.3 is 0 Å². The maximum atomic E-state index is 13.1. The summed E-state index contributed by atoms with van der Waals surface area (Å²) < 4.78 is 5.48. The van der Waals surface area contributed by atoms with Gasteiger partial charge in [0, 0.05) is 30.8 Å². The van der Waals surface area contributed by atoms with E-state index in [1.165, 1.54) is 0 Å². The van der Waals surface area contributed by atoms with Crippen LogP contribution in [0, 0.1) is 0 Å². The molecule has 1 aromatic rings. The molecule has 1 aliphatic heterocycles. The molecular weight excluding hydrogens is 312 g/mol. The third kappa shape index (κ3) is 4.25. The van der Waals surface area contributed by atoms with Gasteiger partial charge in [0.1, 0.15) is 0 Å². The number of carbonyl (C=O) groups excluding carboxylic acids is 1. The molecule has 1 amide bonds. The van der Waals surface area contributed by atoms with E-state index < -0.39 is 5.41 Å². The van der Waals surface area contributed by atoms with Gasteiger partial charge in [0.05, 0.1) is 5.41 Å². The van der Waals surface area contributed by atoms with Crippen molar-refractivity contribution < 1.29 is 9.53 Å². The van der Waals surface area contributed by atoms with E-state index in [4.69, 9.17) is 22.1 Å². The van der Waals surface area contributed by atoms with Crippen LogP contribution in [0.2, 0.25) is 5.02 Å². The molecule has 1 aliphatic rings. The number of halogens is 1. The standard InChI is InChI=1S/C18H27ClN2O2/c1-2-3-6-14(13-20)21-17(22)18(9-11-23-12-10-18)15-7-4-5-8-16(15)19/h4-5,7-8,14H,2-3,6,9-13,20H2,1H3,(H,21,22). The largest absolute Gasteiger partial charge is 0.381 e. The first-order valence-electron chi connectivity index (χ1n) is 8.48. The van der Waals surface area contributed by atoms with Gasteiger partial charge in [-0.1, -0.05) is 49.6 Å². The lowest BCUT2D eigenvalue weighted by molar-refractivity contribution is -0.131. The Bertz CT molecular complexity index is 515. The van der Waals surface area contributed by atoms with Crippen LogP contribution in [-0.2, 0) is 14.9 Å². The Morgan fingerprint density at radius 1 is 1.39 bits per heavy atom. The fourth-order valence-corrected chi connectivity index (χ4v) is 3.53. The van der Waals surface area contributed by atoms with E-state index in [9.17, 15) is 4.79 Å². The Labute approximate surface area is 143 Å². The second kappa shape index (κ2) is 8.67. The van der Waals surface area contributed by atoms with Crippen molar-refractivity contribution in [2.45, 2.75) is 50.5 Å². The molecule has 0 aromatic heterocycles. The van der Waals surface area contributed by atoms with E-state index in [-0.39, 0.29) is 11.9 Å². The highest BCUT2D eigenvalue weighted by Gasteiger charge is 2.43. The fraction of sp³-hybridized carbons (Fsp3) is 0.611. The summed E-state index contributed by atoms with van der Waals surface area (Å²) in [7, 11) is 0. The van der Waals surface area contributed by atoms with Crippen LogP contribution < -0.4 is 11.1 Å². The summed E-state index contributed by atoms with van der Waals surface area (Å²) in [6.07, 6.45) is 4.36. The van der Waals surface area contributed by atoms with Crippen molar-refractivity contribution in [1.29, 1.82) is 0 Å². The first kappa shape index (κ1) is 18.2. The quantitative estimate of drug-likeness (QED) is 0.803. The number of ether oxygens (including phenoxy) is 1. The van der Waals surface area contributed by atoms with E-state index in [0.29, 0.717) is 37.6 Å². The van der Waals surface area contributed by atoms with Crippen molar-refractivity contribution in [2.75, 3.05) is 19.8 Å². The van der Waals surface area contributed by atoms with Gasteiger partial charge in [0.15, 0.2) is 0 Å². The molecule has 128 valence electrons. The number of benzene rings is 1. The van der Waals surface area contributed by atoms with E-state index in [1.807, 2.05) is 24.3 Å².